The van der Waals surface area contributed by atoms with E-state index in [4.69, 9.17) is 0 Å². The van der Waals surface area contributed by atoms with Gasteiger partial charge in [-0.05, 0) is 40.7 Å². The van der Waals surface area contributed by atoms with Crippen LogP contribution in [0.5, 0.6) is 0 Å². The molecule has 1 N–H and O–H groups in total. The van der Waals surface area contributed by atoms with Crippen LogP contribution in [0.1, 0.15) is 24.1 Å². The van der Waals surface area contributed by atoms with Crippen molar-refractivity contribution in [2.45, 2.75) is 13.0 Å². The van der Waals surface area contributed by atoms with E-state index in [1.54, 1.807) is 6.92 Å². The highest BCUT2D eigenvalue weighted by molar-refractivity contribution is 9.10. The van der Waals surface area contributed by atoms with Crippen LogP contribution in [0.25, 0.3) is 0 Å². The Balaban J connectivity index is 2.59. The summed E-state index contributed by atoms with van der Waals surface area (Å²) in [6.45, 7) is 2.11. The molecule has 0 fully saturated rings. The van der Waals surface area contributed by atoms with E-state index in [2.05, 4.69) is 21.2 Å². The Morgan fingerprint density at radius 3 is 2.38 bits per heavy atom. The number of nitrogens with one attached hydrogen (secondary N) is 1. The maximum atomic E-state index is 14.1. The summed E-state index contributed by atoms with van der Waals surface area (Å²) in [5, 5.41) is 2.84. The molecule has 0 aliphatic rings. The van der Waals surface area contributed by atoms with Gasteiger partial charge in [0.25, 0.3) is 0 Å². The predicted octanol–water partition coefficient (Wildman–Crippen LogP) is 4.70. The van der Waals surface area contributed by atoms with E-state index in [1.165, 1.54) is 12.1 Å². The molecule has 2 rings (SSSR count). The SMILES string of the molecule is CCNC(c1cc(F)c(Br)cc1F)c1cccc(F)c1F. The van der Waals surface area contributed by atoms with Gasteiger partial charge in [-0.3, -0.25) is 0 Å². The Morgan fingerprint density at radius 1 is 1.00 bits per heavy atom. The van der Waals surface area contributed by atoms with Crippen molar-refractivity contribution >= 4 is 15.9 Å². The lowest BCUT2D eigenvalue weighted by molar-refractivity contribution is 0.475. The van der Waals surface area contributed by atoms with E-state index in [1.807, 2.05) is 0 Å². The highest BCUT2D eigenvalue weighted by Gasteiger charge is 2.23. The average Bonchev–Trinajstić information content (AvgIpc) is 2.44. The van der Waals surface area contributed by atoms with Gasteiger partial charge in [-0.15, -0.1) is 0 Å². The number of rotatable bonds is 4. The van der Waals surface area contributed by atoms with Crippen molar-refractivity contribution in [1.29, 1.82) is 0 Å². The molecular weight excluding hydrogens is 350 g/mol. The summed E-state index contributed by atoms with van der Waals surface area (Å²) in [6.07, 6.45) is 0. The third-order valence-electron chi connectivity index (χ3n) is 3.05. The quantitative estimate of drug-likeness (QED) is 0.614. The molecule has 0 aliphatic carbocycles. The maximum absolute atomic E-state index is 14.1. The van der Waals surface area contributed by atoms with Crippen LogP contribution in [0.15, 0.2) is 34.8 Å². The fourth-order valence-electron chi connectivity index (χ4n) is 2.09. The smallest absolute Gasteiger partial charge is 0.163 e. The molecule has 0 aliphatic heterocycles. The van der Waals surface area contributed by atoms with Crippen molar-refractivity contribution in [2.24, 2.45) is 0 Å². The fraction of sp³-hybridized carbons (Fsp3) is 0.200. The Labute approximate surface area is 128 Å². The van der Waals surface area contributed by atoms with Crippen LogP contribution in [0.2, 0.25) is 0 Å². The van der Waals surface area contributed by atoms with Gasteiger partial charge in [0.1, 0.15) is 11.6 Å². The van der Waals surface area contributed by atoms with Gasteiger partial charge < -0.3 is 5.32 Å². The highest BCUT2D eigenvalue weighted by Crippen LogP contribution is 2.30. The Morgan fingerprint density at radius 2 is 1.71 bits per heavy atom. The van der Waals surface area contributed by atoms with Crippen molar-refractivity contribution < 1.29 is 17.6 Å². The lowest BCUT2D eigenvalue weighted by Gasteiger charge is -2.20. The van der Waals surface area contributed by atoms with E-state index in [-0.39, 0.29) is 15.6 Å². The van der Waals surface area contributed by atoms with Gasteiger partial charge in [0, 0.05) is 11.1 Å². The molecule has 2 aromatic rings. The van der Waals surface area contributed by atoms with Crippen LogP contribution in [-0.2, 0) is 0 Å². The second-order valence-electron chi connectivity index (χ2n) is 4.42. The number of benzene rings is 2. The van der Waals surface area contributed by atoms with Gasteiger partial charge in [0.2, 0.25) is 0 Å². The van der Waals surface area contributed by atoms with Crippen molar-refractivity contribution in [3.63, 3.8) is 0 Å². The molecule has 21 heavy (non-hydrogen) atoms. The predicted molar refractivity (Wildman–Crippen MR) is 75.9 cm³/mol. The molecule has 1 atom stereocenters. The lowest BCUT2D eigenvalue weighted by Crippen LogP contribution is -2.24. The zero-order chi connectivity index (χ0) is 15.6. The van der Waals surface area contributed by atoms with Crippen molar-refractivity contribution in [1.82, 2.24) is 5.32 Å². The molecule has 2 aromatic carbocycles. The lowest BCUT2D eigenvalue weighted by atomic mass is 9.97. The van der Waals surface area contributed by atoms with Gasteiger partial charge >= 0.3 is 0 Å². The second-order valence-corrected chi connectivity index (χ2v) is 5.28. The molecule has 6 heteroatoms. The molecular formula is C15H12BrF4N. The van der Waals surface area contributed by atoms with Crippen LogP contribution < -0.4 is 5.32 Å². The van der Waals surface area contributed by atoms with Gasteiger partial charge in [-0.1, -0.05) is 19.1 Å². The van der Waals surface area contributed by atoms with Crippen LogP contribution in [0, 0.1) is 23.3 Å². The van der Waals surface area contributed by atoms with Crippen molar-refractivity contribution in [3.05, 3.63) is 69.2 Å². The topological polar surface area (TPSA) is 12.0 Å². The van der Waals surface area contributed by atoms with Crippen molar-refractivity contribution in [2.75, 3.05) is 6.54 Å². The summed E-state index contributed by atoms with van der Waals surface area (Å²) < 4.78 is 55.0. The number of hydrogen-bond acceptors (Lipinski definition) is 1. The van der Waals surface area contributed by atoms with E-state index in [9.17, 15) is 17.6 Å². The number of halogens is 5. The van der Waals surface area contributed by atoms with Gasteiger partial charge in [-0.2, -0.15) is 0 Å². The standard InChI is InChI=1S/C15H12BrF4N/c1-2-21-15(8-4-3-5-11(17)14(8)20)9-6-13(19)10(16)7-12(9)18/h3-7,15,21H,2H2,1H3. The van der Waals surface area contributed by atoms with Crippen LogP contribution in [-0.4, -0.2) is 6.54 Å². The van der Waals surface area contributed by atoms with Crippen LogP contribution in [0.3, 0.4) is 0 Å². The molecule has 0 spiro atoms. The maximum Gasteiger partial charge on any atom is 0.163 e. The van der Waals surface area contributed by atoms with E-state index < -0.39 is 29.3 Å². The Bertz CT molecular complexity index is 660. The van der Waals surface area contributed by atoms with Crippen molar-refractivity contribution in [3.8, 4) is 0 Å². The first-order chi connectivity index (χ1) is 9.95. The number of hydrogen-bond donors (Lipinski definition) is 1. The summed E-state index contributed by atoms with van der Waals surface area (Å²) in [5.41, 5.74) is -0.153. The Kier molecular flexibility index (Phi) is 5.00. The van der Waals surface area contributed by atoms with E-state index in [0.717, 1.165) is 18.2 Å². The minimum absolute atomic E-state index is 0.0290. The van der Waals surface area contributed by atoms with Gasteiger partial charge in [0.05, 0.1) is 10.5 Å². The minimum atomic E-state index is -1.08. The van der Waals surface area contributed by atoms with Gasteiger partial charge in [-0.25, -0.2) is 17.6 Å². The molecule has 112 valence electrons. The van der Waals surface area contributed by atoms with Crippen LogP contribution >= 0.6 is 15.9 Å². The minimum Gasteiger partial charge on any atom is -0.306 e. The molecule has 0 aromatic heterocycles. The fourth-order valence-corrected chi connectivity index (χ4v) is 2.41. The zero-order valence-electron chi connectivity index (χ0n) is 11.1. The molecule has 0 amide bonds. The average molecular weight is 362 g/mol. The van der Waals surface area contributed by atoms with Crippen LogP contribution in [0.4, 0.5) is 17.6 Å². The molecule has 0 bridgehead atoms. The monoisotopic (exact) mass is 361 g/mol. The zero-order valence-corrected chi connectivity index (χ0v) is 12.6. The summed E-state index contributed by atoms with van der Waals surface area (Å²) in [5.74, 6) is -3.50. The summed E-state index contributed by atoms with van der Waals surface area (Å²) in [6, 6.07) is 4.59. The first-order valence-electron chi connectivity index (χ1n) is 6.27. The Hall–Kier alpha value is -1.40. The molecule has 0 saturated carbocycles. The van der Waals surface area contributed by atoms with E-state index >= 15 is 0 Å². The summed E-state index contributed by atoms with van der Waals surface area (Å²) >= 11 is 2.88. The molecule has 0 heterocycles. The van der Waals surface area contributed by atoms with Gasteiger partial charge in [0.15, 0.2) is 11.6 Å². The first-order valence-corrected chi connectivity index (χ1v) is 7.06. The molecule has 0 radical (unpaired) electrons. The summed E-state index contributed by atoms with van der Waals surface area (Å²) in [4.78, 5) is 0. The molecule has 1 nitrogen and oxygen atoms in total. The van der Waals surface area contributed by atoms with E-state index in [0.29, 0.717) is 6.54 Å². The third kappa shape index (κ3) is 3.27. The normalized spacial score (nSPS) is 12.5. The second kappa shape index (κ2) is 6.58. The largest absolute Gasteiger partial charge is 0.306 e. The first kappa shape index (κ1) is 16.0. The third-order valence-corrected chi connectivity index (χ3v) is 3.66. The molecule has 0 saturated heterocycles. The highest BCUT2D eigenvalue weighted by atomic mass is 79.9. The molecule has 1 unspecified atom stereocenters. The summed E-state index contributed by atoms with van der Waals surface area (Å²) in [7, 11) is 0.